The smallest absolute Gasteiger partial charge is 0.186 e. The normalized spacial score (nSPS) is 13.7. The lowest BCUT2D eigenvalue weighted by Gasteiger charge is -2.20. The van der Waals surface area contributed by atoms with Crippen molar-refractivity contribution in [3.05, 3.63) is 22.4 Å². The van der Waals surface area contributed by atoms with Gasteiger partial charge in [-0.25, -0.2) is 0 Å². The van der Waals surface area contributed by atoms with E-state index in [-0.39, 0.29) is 6.10 Å². The first kappa shape index (κ1) is 10.4. The molecule has 0 bridgehead atoms. The van der Waals surface area contributed by atoms with Crippen molar-refractivity contribution in [1.29, 1.82) is 5.26 Å². The van der Waals surface area contributed by atoms with Crippen LogP contribution in [0.5, 0.6) is 0 Å². The Labute approximate surface area is 83.9 Å². The number of nitriles is 1. The highest BCUT2D eigenvalue weighted by molar-refractivity contribution is 7.08. The zero-order chi connectivity index (χ0) is 9.90. The van der Waals surface area contributed by atoms with Crippen molar-refractivity contribution < 1.29 is 4.43 Å². The summed E-state index contributed by atoms with van der Waals surface area (Å²) < 4.78 is 5.72. The number of hydrogen-bond acceptors (Lipinski definition) is 3. The van der Waals surface area contributed by atoms with Crippen LogP contribution >= 0.6 is 11.3 Å². The zero-order valence-electron chi connectivity index (χ0n) is 8.07. The van der Waals surface area contributed by atoms with Gasteiger partial charge >= 0.3 is 0 Å². The number of rotatable bonds is 3. The van der Waals surface area contributed by atoms with E-state index in [0.717, 1.165) is 5.56 Å². The summed E-state index contributed by atoms with van der Waals surface area (Å²) in [6, 6.07) is 4.12. The zero-order valence-corrected chi connectivity index (χ0v) is 9.89. The van der Waals surface area contributed by atoms with E-state index in [4.69, 9.17) is 9.69 Å². The maximum atomic E-state index is 8.91. The highest BCUT2D eigenvalue weighted by atomic mass is 32.1. The Morgan fingerprint density at radius 1 is 1.54 bits per heavy atom. The van der Waals surface area contributed by atoms with Crippen LogP contribution in [0.15, 0.2) is 16.8 Å². The maximum Gasteiger partial charge on any atom is 0.186 e. The van der Waals surface area contributed by atoms with Crippen LogP contribution < -0.4 is 0 Å². The summed E-state index contributed by atoms with van der Waals surface area (Å²) in [5.41, 5.74) is 0.981. The minimum absolute atomic E-state index is 0.377. The quantitative estimate of drug-likeness (QED) is 0.719. The Morgan fingerprint density at radius 2 is 2.23 bits per heavy atom. The molecule has 70 valence electrons. The average Bonchev–Trinajstić information content (AvgIpc) is 2.50. The molecule has 0 radical (unpaired) electrons. The van der Waals surface area contributed by atoms with Gasteiger partial charge in [0.15, 0.2) is 14.4 Å². The van der Waals surface area contributed by atoms with Crippen LogP contribution in [0, 0.1) is 11.3 Å². The molecule has 1 atom stereocenters. The molecular formula is C9H13NOSSi. The Bertz CT molecular complexity index is 296. The van der Waals surface area contributed by atoms with Gasteiger partial charge in [-0.2, -0.15) is 16.6 Å². The molecule has 2 nitrogen and oxygen atoms in total. The van der Waals surface area contributed by atoms with Gasteiger partial charge in [-0.3, -0.25) is 0 Å². The van der Waals surface area contributed by atoms with Gasteiger partial charge in [0.1, 0.15) is 0 Å². The molecule has 1 rings (SSSR count). The van der Waals surface area contributed by atoms with Crippen molar-refractivity contribution in [3.63, 3.8) is 0 Å². The second-order valence-corrected chi connectivity index (χ2v) is 9.04. The Kier molecular flexibility index (Phi) is 3.26. The second-order valence-electron chi connectivity index (χ2n) is 3.80. The third-order valence-corrected chi connectivity index (χ3v) is 3.08. The lowest BCUT2D eigenvalue weighted by Crippen LogP contribution is -2.27. The van der Waals surface area contributed by atoms with Crippen LogP contribution in [-0.2, 0) is 4.43 Å². The van der Waals surface area contributed by atoms with Crippen molar-refractivity contribution in [2.45, 2.75) is 25.7 Å². The minimum Gasteiger partial charge on any atom is -0.399 e. The molecule has 0 saturated carbocycles. The minimum atomic E-state index is -1.62. The largest absolute Gasteiger partial charge is 0.399 e. The summed E-state index contributed by atoms with van der Waals surface area (Å²) in [4.78, 5) is 0. The molecule has 1 aromatic rings. The van der Waals surface area contributed by atoms with Gasteiger partial charge in [0.2, 0.25) is 0 Å². The van der Waals surface area contributed by atoms with Crippen LogP contribution in [0.1, 0.15) is 11.7 Å². The summed E-state index contributed by atoms with van der Waals surface area (Å²) in [6.45, 7) is 6.26. The Morgan fingerprint density at radius 3 is 2.62 bits per heavy atom. The molecule has 1 unspecified atom stereocenters. The highest BCUT2D eigenvalue weighted by Gasteiger charge is 2.22. The Hall–Kier alpha value is -0.633. The number of thiophene rings is 1. The van der Waals surface area contributed by atoms with Crippen LogP contribution in [-0.4, -0.2) is 8.32 Å². The lowest BCUT2D eigenvalue weighted by atomic mass is 10.2. The van der Waals surface area contributed by atoms with Gasteiger partial charge in [0, 0.05) is 5.56 Å². The fourth-order valence-electron chi connectivity index (χ4n) is 0.947. The van der Waals surface area contributed by atoms with Crippen LogP contribution in [0.25, 0.3) is 0 Å². The molecule has 1 aromatic heterocycles. The first-order chi connectivity index (χ1) is 6.03. The van der Waals surface area contributed by atoms with Crippen LogP contribution in [0.4, 0.5) is 0 Å². The summed E-state index contributed by atoms with van der Waals surface area (Å²) in [6.07, 6.45) is -0.377. The molecule has 0 saturated heterocycles. The molecule has 1 heterocycles. The van der Waals surface area contributed by atoms with Gasteiger partial charge in [-0.1, -0.05) is 0 Å². The van der Waals surface area contributed by atoms with E-state index in [1.807, 2.05) is 16.8 Å². The van der Waals surface area contributed by atoms with Gasteiger partial charge < -0.3 is 4.43 Å². The second kappa shape index (κ2) is 4.05. The third-order valence-electron chi connectivity index (χ3n) is 1.43. The first-order valence-electron chi connectivity index (χ1n) is 4.12. The Balaban J connectivity index is 2.72. The van der Waals surface area contributed by atoms with Crippen molar-refractivity contribution in [2.75, 3.05) is 0 Å². The molecule has 0 N–H and O–H groups in total. The molecule has 0 aliphatic carbocycles. The van der Waals surface area contributed by atoms with Crippen LogP contribution in [0.3, 0.4) is 0 Å². The molecule has 0 amide bonds. The first-order valence-corrected chi connectivity index (χ1v) is 8.47. The third kappa shape index (κ3) is 3.31. The number of nitrogens with zero attached hydrogens (tertiary/aromatic N) is 1. The van der Waals surface area contributed by atoms with E-state index in [1.165, 1.54) is 0 Å². The SMILES string of the molecule is C[Si](C)(C)OC(C#N)c1ccsc1. The summed E-state index contributed by atoms with van der Waals surface area (Å²) >= 11 is 1.59. The molecular weight excluding hydrogens is 198 g/mol. The van der Waals surface area contributed by atoms with E-state index >= 15 is 0 Å². The fourth-order valence-corrected chi connectivity index (χ4v) is 2.52. The molecule has 0 aliphatic rings. The van der Waals surface area contributed by atoms with E-state index in [0.29, 0.717) is 0 Å². The van der Waals surface area contributed by atoms with Crippen molar-refractivity contribution in [1.82, 2.24) is 0 Å². The van der Waals surface area contributed by atoms with Gasteiger partial charge in [-0.05, 0) is 36.5 Å². The average molecular weight is 211 g/mol. The van der Waals surface area contributed by atoms with Gasteiger partial charge in [0.05, 0.1) is 6.07 Å². The van der Waals surface area contributed by atoms with E-state index < -0.39 is 8.32 Å². The standard InChI is InChI=1S/C9H13NOSSi/c1-13(2,3)11-9(6-10)8-4-5-12-7-8/h4-5,7,9H,1-3H3. The molecule has 4 heteroatoms. The molecule has 0 aliphatic heterocycles. The topological polar surface area (TPSA) is 33.0 Å². The van der Waals surface area contributed by atoms with Crippen LogP contribution in [0.2, 0.25) is 19.6 Å². The van der Waals surface area contributed by atoms with Crippen molar-refractivity contribution in [2.24, 2.45) is 0 Å². The summed E-state index contributed by atoms with van der Waals surface area (Å²) in [5.74, 6) is 0. The van der Waals surface area contributed by atoms with Gasteiger partial charge in [-0.15, -0.1) is 0 Å². The molecule has 13 heavy (non-hydrogen) atoms. The molecule has 0 spiro atoms. The lowest BCUT2D eigenvalue weighted by molar-refractivity contribution is 0.255. The van der Waals surface area contributed by atoms with E-state index in [9.17, 15) is 0 Å². The summed E-state index contributed by atoms with van der Waals surface area (Å²) in [7, 11) is -1.62. The highest BCUT2D eigenvalue weighted by Crippen LogP contribution is 2.23. The molecule has 0 aromatic carbocycles. The predicted octanol–water partition coefficient (Wildman–Crippen LogP) is 3.16. The van der Waals surface area contributed by atoms with Crippen molar-refractivity contribution >= 4 is 19.7 Å². The maximum absolute atomic E-state index is 8.91. The monoisotopic (exact) mass is 211 g/mol. The fraction of sp³-hybridized carbons (Fsp3) is 0.444. The summed E-state index contributed by atoms with van der Waals surface area (Å²) in [5, 5.41) is 12.8. The van der Waals surface area contributed by atoms with E-state index in [2.05, 4.69) is 25.7 Å². The van der Waals surface area contributed by atoms with E-state index in [1.54, 1.807) is 11.3 Å². The predicted molar refractivity (Wildman–Crippen MR) is 57.1 cm³/mol. The molecule has 0 fully saturated rings. The van der Waals surface area contributed by atoms with Gasteiger partial charge in [0.25, 0.3) is 0 Å². The number of hydrogen-bond donors (Lipinski definition) is 0. The van der Waals surface area contributed by atoms with Crippen molar-refractivity contribution in [3.8, 4) is 6.07 Å².